The SMILES string of the molecule is O=Cc1ccc(-c2cnc3[nH]ccc3c2)cn1. The molecule has 0 unspecified atom stereocenters. The fourth-order valence-corrected chi connectivity index (χ4v) is 1.74. The Morgan fingerprint density at radius 2 is 1.94 bits per heavy atom. The van der Waals surface area contributed by atoms with Gasteiger partial charge in [0.15, 0.2) is 6.29 Å². The van der Waals surface area contributed by atoms with Crippen LogP contribution in [0.25, 0.3) is 22.2 Å². The highest BCUT2D eigenvalue weighted by Gasteiger charge is 2.02. The molecule has 0 saturated carbocycles. The van der Waals surface area contributed by atoms with Crippen molar-refractivity contribution < 1.29 is 4.79 Å². The van der Waals surface area contributed by atoms with Crippen molar-refractivity contribution in [3.8, 4) is 11.1 Å². The lowest BCUT2D eigenvalue weighted by molar-refractivity contribution is 0.111. The number of nitrogens with zero attached hydrogens (tertiary/aromatic N) is 2. The molecule has 82 valence electrons. The van der Waals surface area contributed by atoms with Gasteiger partial charge in [-0.3, -0.25) is 9.78 Å². The molecule has 0 atom stereocenters. The number of hydrogen-bond acceptors (Lipinski definition) is 3. The second-order valence-electron chi connectivity index (χ2n) is 3.73. The van der Waals surface area contributed by atoms with Crippen LogP contribution in [-0.2, 0) is 0 Å². The van der Waals surface area contributed by atoms with Crippen LogP contribution in [0, 0.1) is 0 Å². The van der Waals surface area contributed by atoms with Crippen molar-refractivity contribution in [2.24, 2.45) is 0 Å². The summed E-state index contributed by atoms with van der Waals surface area (Å²) in [6.45, 7) is 0. The van der Waals surface area contributed by atoms with E-state index in [1.165, 1.54) is 0 Å². The molecule has 0 amide bonds. The van der Waals surface area contributed by atoms with Crippen LogP contribution < -0.4 is 0 Å². The van der Waals surface area contributed by atoms with E-state index in [1.54, 1.807) is 18.5 Å². The highest BCUT2D eigenvalue weighted by atomic mass is 16.1. The molecule has 17 heavy (non-hydrogen) atoms. The van der Waals surface area contributed by atoms with Gasteiger partial charge in [-0.25, -0.2) is 4.98 Å². The molecule has 3 aromatic heterocycles. The summed E-state index contributed by atoms with van der Waals surface area (Å²) in [4.78, 5) is 21.9. The van der Waals surface area contributed by atoms with Crippen molar-refractivity contribution in [1.82, 2.24) is 15.0 Å². The fraction of sp³-hybridized carbons (Fsp3) is 0. The third-order valence-corrected chi connectivity index (χ3v) is 2.64. The van der Waals surface area contributed by atoms with Gasteiger partial charge in [0.2, 0.25) is 0 Å². The molecule has 4 nitrogen and oxygen atoms in total. The lowest BCUT2D eigenvalue weighted by Gasteiger charge is -2.00. The maximum atomic E-state index is 10.5. The van der Waals surface area contributed by atoms with E-state index in [-0.39, 0.29) is 0 Å². The molecule has 1 N–H and O–H groups in total. The van der Waals surface area contributed by atoms with E-state index in [9.17, 15) is 4.79 Å². The second kappa shape index (κ2) is 3.83. The largest absolute Gasteiger partial charge is 0.346 e. The lowest BCUT2D eigenvalue weighted by Crippen LogP contribution is -1.87. The molecule has 0 aliphatic rings. The fourth-order valence-electron chi connectivity index (χ4n) is 1.74. The zero-order valence-corrected chi connectivity index (χ0v) is 8.92. The molecule has 4 heteroatoms. The molecule has 3 heterocycles. The van der Waals surface area contributed by atoms with E-state index in [4.69, 9.17) is 0 Å². The van der Waals surface area contributed by atoms with E-state index in [0.29, 0.717) is 5.69 Å². The number of hydrogen-bond donors (Lipinski definition) is 1. The number of aromatic amines is 1. The Bertz CT molecular complexity index is 670. The van der Waals surface area contributed by atoms with Crippen LogP contribution in [0.4, 0.5) is 0 Å². The van der Waals surface area contributed by atoms with Crippen LogP contribution >= 0.6 is 0 Å². The minimum absolute atomic E-state index is 0.435. The van der Waals surface area contributed by atoms with Crippen molar-refractivity contribution >= 4 is 17.3 Å². The average molecular weight is 223 g/mol. The molecule has 3 aromatic rings. The Morgan fingerprint density at radius 3 is 2.71 bits per heavy atom. The monoisotopic (exact) mass is 223 g/mol. The Morgan fingerprint density at radius 1 is 1.06 bits per heavy atom. The number of carbonyl (C=O) groups is 1. The zero-order chi connectivity index (χ0) is 11.7. The Kier molecular flexibility index (Phi) is 2.19. The normalized spacial score (nSPS) is 10.6. The number of carbonyl (C=O) groups excluding carboxylic acids is 1. The zero-order valence-electron chi connectivity index (χ0n) is 8.92. The minimum Gasteiger partial charge on any atom is -0.346 e. The topological polar surface area (TPSA) is 58.6 Å². The maximum Gasteiger partial charge on any atom is 0.168 e. The van der Waals surface area contributed by atoms with Crippen molar-refractivity contribution in [3.63, 3.8) is 0 Å². The van der Waals surface area contributed by atoms with E-state index >= 15 is 0 Å². The van der Waals surface area contributed by atoms with Crippen LogP contribution in [0.5, 0.6) is 0 Å². The van der Waals surface area contributed by atoms with Gasteiger partial charge < -0.3 is 4.98 Å². The molecule has 0 radical (unpaired) electrons. The molecule has 0 aliphatic carbocycles. The summed E-state index contributed by atoms with van der Waals surface area (Å²) in [5.74, 6) is 0. The van der Waals surface area contributed by atoms with Crippen molar-refractivity contribution in [1.29, 1.82) is 0 Å². The first-order chi connectivity index (χ1) is 8.36. The highest BCUT2D eigenvalue weighted by molar-refractivity contribution is 5.81. The summed E-state index contributed by atoms with van der Waals surface area (Å²) in [5, 5.41) is 1.06. The Labute approximate surface area is 97.3 Å². The number of aromatic nitrogens is 3. The van der Waals surface area contributed by atoms with Gasteiger partial charge >= 0.3 is 0 Å². The van der Waals surface area contributed by atoms with Gasteiger partial charge in [-0.05, 0) is 18.2 Å². The predicted octanol–water partition coefficient (Wildman–Crippen LogP) is 2.44. The number of aldehydes is 1. The summed E-state index contributed by atoms with van der Waals surface area (Å²) < 4.78 is 0. The predicted molar refractivity (Wildman–Crippen MR) is 64.7 cm³/mol. The molecular weight excluding hydrogens is 214 g/mol. The van der Waals surface area contributed by atoms with Crippen LogP contribution in [0.15, 0.2) is 42.9 Å². The van der Waals surface area contributed by atoms with E-state index < -0.39 is 0 Å². The number of fused-ring (bicyclic) bond motifs is 1. The highest BCUT2D eigenvalue weighted by Crippen LogP contribution is 2.21. The number of pyridine rings is 2. The molecule has 0 aliphatic heterocycles. The third kappa shape index (κ3) is 1.69. The molecule has 0 bridgehead atoms. The summed E-state index contributed by atoms with van der Waals surface area (Å²) in [6, 6.07) is 7.57. The second-order valence-corrected chi connectivity index (χ2v) is 3.73. The summed E-state index contributed by atoms with van der Waals surface area (Å²) in [7, 11) is 0. The van der Waals surface area contributed by atoms with Crippen molar-refractivity contribution in [2.75, 3.05) is 0 Å². The van der Waals surface area contributed by atoms with E-state index in [2.05, 4.69) is 15.0 Å². The molecule has 0 spiro atoms. The van der Waals surface area contributed by atoms with Crippen molar-refractivity contribution in [2.45, 2.75) is 0 Å². The first kappa shape index (κ1) is 9.72. The standard InChI is InChI=1S/C13H9N3O/c17-8-12-2-1-10(6-15-12)11-5-9-3-4-14-13(9)16-7-11/h1-8H,(H,14,16). The molecule has 0 fully saturated rings. The average Bonchev–Trinajstić information content (AvgIpc) is 2.86. The van der Waals surface area contributed by atoms with Crippen LogP contribution in [-0.4, -0.2) is 21.2 Å². The Balaban J connectivity index is 2.09. The quantitative estimate of drug-likeness (QED) is 0.679. The number of nitrogens with one attached hydrogen (secondary N) is 1. The number of rotatable bonds is 2. The van der Waals surface area contributed by atoms with Crippen LogP contribution in [0.3, 0.4) is 0 Å². The third-order valence-electron chi connectivity index (χ3n) is 2.64. The van der Waals surface area contributed by atoms with Crippen LogP contribution in [0.1, 0.15) is 10.5 Å². The summed E-state index contributed by atoms with van der Waals surface area (Å²) in [5.41, 5.74) is 3.24. The van der Waals surface area contributed by atoms with E-state index in [1.807, 2.05) is 24.4 Å². The lowest BCUT2D eigenvalue weighted by atomic mass is 10.1. The first-order valence-corrected chi connectivity index (χ1v) is 5.21. The van der Waals surface area contributed by atoms with E-state index in [0.717, 1.165) is 28.4 Å². The molecular formula is C13H9N3O. The van der Waals surface area contributed by atoms with Gasteiger partial charge in [-0.15, -0.1) is 0 Å². The van der Waals surface area contributed by atoms with Gasteiger partial charge in [-0.1, -0.05) is 6.07 Å². The first-order valence-electron chi connectivity index (χ1n) is 5.21. The van der Waals surface area contributed by atoms with Gasteiger partial charge in [0.05, 0.1) is 0 Å². The van der Waals surface area contributed by atoms with Gasteiger partial charge in [-0.2, -0.15) is 0 Å². The van der Waals surface area contributed by atoms with Gasteiger partial charge in [0, 0.05) is 35.1 Å². The maximum absolute atomic E-state index is 10.5. The van der Waals surface area contributed by atoms with Crippen molar-refractivity contribution in [3.05, 3.63) is 48.5 Å². The minimum atomic E-state index is 0.435. The van der Waals surface area contributed by atoms with Crippen LogP contribution in [0.2, 0.25) is 0 Å². The molecule has 0 aromatic carbocycles. The summed E-state index contributed by atoms with van der Waals surface area (Å²) in [6.07, 6.45) is 6.06. The molecule has 3 rings (SSSR count). The smallest absolute Gasteiger partial charge is 0.168 e. The Hall–Kier alpha value is -2.49. The van der Waals surface area contributed by atoms with Gasteiger partial charge in [0.1, 0.15) is 11.3 Å². The number of H-pyrrole nitrogens is 1. The summed E-state index contributed by atoms with van der Waals surface area (Å²) >= 11 is 0. The molecule has 0 saturated heterocycles. The van der Waals surface area contributed by atoms with Gasteiger partial charge in [0.25, 0.3) is 0 Å².